The molecule has 3 heterocycles. The van der Waals surface area contributed by atoms with Crippen LogP contribution in [0.25, 0.3) is 17.2 Å². The lowest BCUT2D eigenvalue weighted by Gasteiger charge is -2.33. The first kappa shape index (κ1) is 21.9. The van der Waals surface area contributed by atoms with Gasteiger partial charge in [-0.3, -0.25) is 13.9 Å². The third-order valence-corrected chi connectivity index (χ3v) is 6.36. The lowest BCUT2D eigenvalue weighted by molar-refractivity contribution is 0.458. The minimum atomic E-state index is -0.364. The van der Waals surface area contributed by atoms with E-state index in [4.69, 9.17) is 4.98 Å². The van der Waals surface area contributed by atoms with Crippen molar-refractivity contribution in [2.24, 2.45) is 13.0 Å². The van der Waals surface area contributed by atoms with Crippen molar-refractivity contribution in [3.05, 3.63) is 92.1 Å². The Hall–Kier alpha value is -3.87. The Morgan fingerprint density at radius 1 is 1.03 bits per heavy atom. The quantitative estimate of drug-likeness (QED) is 0.466. The van der Waals surface area contributed by atoms with Crippen molar-refractivity contribution < 1.29 is 0 Å². The van der Waals surface area contributed by atoms with Gasteiger partial charge in [-0.05, 0) is 48.6 Å². The van der Waals surface area contributed by atoms with Crippen molar-refractivity contribution in [3.8, 4) is 0 Å². The van der Waals surface area contributed by atoms with E-state index in [0.717, 1.165) is 17.8 Å². The molecule has 2 aromatic heterocycles. The third kappa shape index (κ3) is 3.77. The summed E-state index contributed by atoms with van der Waals surface area (Å²) in [7, 11) is 1.69. The first-order valence-corrected chi connectivity index (χ1v) is 11.6. The summed E-state index contributed by atoms with van der Waals surface area (Å²) in [6.07, 6.45) is 3.77. The van der Waals surface area contributed by atoms with Crippen molar-refractivity contribution in [1.29, 1.82) is 0 Å². The van der Waals surface area contributed by atoms with Crippen LogP contribution in [-0.2, 0) is 20.1 Å². The van der Waals surface area contributed by atoms with E-state index in [2.05, 4.69) is 43.9 Å². The van der Waals surface area contributed by atoms with Gasteiger partial charge >= 0.3 is 5.69 Å². The zero-order valence-corrected chi connectivity index (χ0v) is 20.0. The molecule has 0 unspecified atom stereocenters. The number of hydrogen-bond acceptors (Lipinski definition) is 4. The maximum atomic E-state index is 13.6. The van der Waals surface area contributed by atoms with Gasteiger partial charge in [-0.2, -0.15) is 4.98 Å². The summed E-state index contributed by atoms with van der Waals surface area (Å²) in [5.74, 6) is 1.02. The Labute approximate surface area is 198 Å². The van der Waals surface area contributed by atoms with Gasteiger partial charge in [0, 0.05) is 32.4 Å². The highest BCUT2D eigenvalue weighted by molar-refractivity contribution is 5.77. The molecule has 0 bridgehead atoms. The van der Waals surface area contributed by atoms with Crippen LogP contribution in [0.3, 0.4) is 0 Å². The molecule has 7 nitrogen and oxygen atoms in total. The minimum absolute atomic E-state index is 0.202. The molecule has 0 N–H and O–H groups in total. The van der Waals surface area contributed by atoms with Gasteiger partial charge in [0.1, 0.15) is 0 Å². The summed E-state index contributed by atoms with van der Waals surface area (Å²) >= 11 is 0. The van der Waals surface area contributed by atoms with Crippen molar-refractivity contribution in [2.75, 3.05) is 11.4 Å². The van der Waals surface area contributed by atoms with Crippen LogP contribution in [0.1, 0.15) is 23.6 Å². The maximum Gasteiger partial charge on any atom is 0.332 e. The van der Waals surface area contributed by atoms with Crippen LogP contribution in [0.15, 0.2) is 64.2 Å². The van der Waals surface area contributed by atoms with Gasteiger partial charge < -0.3 is 9.47 Å². The van der Waals surface area contributed by atoms with Crippen LogP contribution in [-0.4, -0.2) is 25.2 Å². The molecule has 1 aliphatic rings. The fourth-order valence-corrected chi connectivity index (χ4v) is 4.85. The second-order valence-electron chi connectivity index (χ2n) is 9.33. The molecule has 0 saturated heterocycles. The molecule has 0 fully saturated rings. The summed E-state index contributed by atoms with van der Waals surface area (Å²) in [6.45, 7) is 8.02. The molecule has 1 atom stereocenters. The lowest BCUT2D eigenvalue weighted by Crippen LogP contribution is -2.40. The maximum absolute atomic E-state index is 13.6. The SMILES string of the molecule is Cc1cc(C)cc(N2C[C@@H](C)Cn3c2nc2c3c(=O)n(C/C=C/c3ccccc3)c(=O)n2C)c1. The minimum Gasteiger partial charge on any atom is -0.312 e. The normalized spacial score (nSPS) is 15.9. The van der Waals surface area contributed by atoms with E-state index in [9.17, 15) is 9.59 Å². The number of rotatable bonds is 4. The highest BCUT2D eigenvalue weighted by Gasteiger charge is 2.29. The number of nitrogens with zero attached hydrogens (tertiary/aromatic N) is 5. The van der Waals surface area contributed by atoms with Crippen molar-refractivity contribution in [3.63, 3.8) is 0 Å². The van der Waals surface area contributed by atoms with Gasteiger partial charge in [0.25, 0.3) is 5.56 Å². The molecule has 0 spiro atoms. The Kier molecular flexibility index (Phi) is 5.48. The van der Waals surface area contributed by atoms with E-state index in [0.29, 0.717) is 29.6 Å². The Bertz CT molecular complexity index is 1500. The molecule has 0 saturated carbocycles. The first-order valence-electron chi connectivity index (χ1n) is 11.6. The smallest absolute Gasteiger partial charge is 0.312 e. The topological polar surface area (TPSA) is 65.1 Å². The summed E-state index contributed by atoms with van der Waals surface area (Å²) in [6, 6.07) is 16.3. The van der Waals surface area contributed by atoms with Gasteiger partial charge in [-0.1, -0.05) is 55.5 Å². The molecule has 0 aliphatic carbocycles. The zero-order valence-electron chi connectivity index (χ0n) is 20.0. The molecule has 2 aromatic carbocycles. The number of aromatic nitrogens is 4. The average Bonchev–Trinajstić information content (AvgIpc) is 3.19. The molecule has 4 aromatic rings. The van der Waals surface area contributed by atoms with E-state index in [-0.39, 0.29) is 17.8 Å². The molecule has 0 radical (unpaired) electrons. The summed E-state index contributed by atoms with van der Waals surface area (Å²) in [5.41, 5.74) is 4.67. The summed E-state index contributed by atoms with van der Waals surface area (Å²) < 4.78 is 4.76. The average molecular weight is 456 g/mol. The van der Waals surface area contributed by atoms with Crippen molar-refractivity contribution in [2.45, 2.75) is 33.9 Å². The predicted molar refractivity (Wildman–Crippen MR) is 137 cm³/mol. The molecule has 1 aliphatic heterocycles. The summed E-state index contributed by atoms with van der Waals surface area (Å²) in [4.78, 5) is 33.6. The van der Waals surface area contributed by atoms with Crippen molar-refractivity contribution >= 4 is 28.9 Å². The highest BCUT2D eigenvalue weighted by Crippen LogP contribution is 2.33. The van der Waals surface area contributed by atoms with Crippen LogP contribution in [0.2, 0.25) is 0 Å². The molecular weight excluding hydrogens is 426 g/mol. The van der Waals surface area contributed by atoms with Crippen LogP contribution in [0, 0.1) is 19.8 Å². The predicted octanol–water partition coefficient (Wildman–Crippen LogP) is 4.01. The van der Waals surface area contributed by atoms with E-state index >= 15 is 0 Å². The number of fused-ring (bicyclic) bond motifs is 3. The Balaban J connectivity index is 1.64. The lowest BCUT2D eigenvalue weighted by atomic mass is 10.1. The summed E-state index contributed by atoms with van der Waals surface area (Å²) in [5, 5.41) is 0. The standard InChI is InChI=1S/C27H29N5O2/c1-18-13-19(2)15-22(14-18)31-16-20(3)17-32-23-24(28-26(31)32)29(4)27(34)30(25(23)33)12-8-11-21-9-6-5-7-10-21/h5-11,13-15,20H,12,16-17H2,1-4H3/b11-8+/t20-/m1/s1. The van der Waals surface area contributed by atoms with Gasteiger partial charge in [-0.15, -0.1) is 0 Å². The second-order valence-corrected chi connectivity index (χ2v) is 9.33. The largest absolute Gasteiger partial charge is 0.332 e. The van der Waals surface area contributed by atoms with Gasteiger partial charge in [0.2, 0.25) is 5.95 Å². The first-order chi connectivity index (χ1) is 16.3. The monoisotopic (exact) mass is 455 g/mol. The number of imidazole rings is 1. The van der Waals surface area contributed by atoms with Gasteiger partial charge in [-0.25, -0.2) is 4.79 Å². The highest BCUT2D eigenvalue weighted by atomic mass is 16.2. The van der Waals surface area contributed by atoms with Crippen LogP contribution < -0.4 is 16.1 Å². The Morgan fingerprint density at radius 2 is 1.74 bits per heavy atom. The molecule has 7 heteroatoms. The number of anilines is 2. The second kappa shape index (κ2) is 8.48. The van der Waals surface area contributed by atoms with Crippen LogP contribution >= 0.6 is 0 Å². The number of aryl methyl sites for hydroxylation is 3. The zero-order chi connectivity index (χ0) is 24.0. The fourth-order valence-electron chi connectivity index (χ4n) is 4.85. The van der Waals surface area contributed by atoms with E-state index in [1.165, 1.54) is 20.3 Å². The van der Waals surface area contributed by atoms with E-state index in [1.807, 2.05) is 47.1 Å². The molecular formula is C27H29N5O2. The molecule has 5 rings (SSSR count). The van der Waals surface area contributed by atoms with Crippen molar-refractivity contribution in [1.82, 2.24) is 18.7 Å². The van der Waals surface area contributed by atoms with Crippen LogP contribution in [0.4, 0.5) is 11.6 Å². The van der Waals surface area contributed by atoms with Crippen LogP contribution in [0.5, 0.6) is 0 Å². The number of hydrogen-bond donors (Lipinski definition) is 0. The molecule has 34 heavy (non-hydrogen) atoms. The van der Waals surface area contributed by atoms with E-state index < -0.39 is 0 Å². The van der Waals surface area contributed by atoms with E-state index in [1.54, 1.807) is 7.05 Å². The van der Waals surface area contributed by atoms with Gasteiger partial charge in [0.05, 0.1) is 0 Å². The molecule has 174 valence electrons. The molecule has 0 amide bonds. The fraction of sp³-hybridized carbons (Fsp3) is 0.296. The third-order valence-electron chi connectivity index (χ3n) is 6.36. The van der Waals surface area contributed by atoms with Gasteiger partial charge in [0.15, 0.2) is 11.2 Å². The number of benzene rings is 2. The number of allylic oxidation sites excluding steroid dienone is 1. The Morgan fingerprint density at radius 3 is 2.44 bits per heavy atom.